The van der Waals surface area contributed by atoms with Gasteiger partial charge in [0.25, 0.3) is 0 Å². The van der Waals surface area contributed by atoms with Crippen LogP contribution in [0.1, 0.15) is 23.1 Å². The Morgan fingerprint density at radius 1 is 0.810 bits per heavy atom. The van der Waals surface area contributed by atoms with Gasteiger partial charge in [0.05, 0.1) is 0 Å². The number of halogens is 2. The second kappa shape index (κ2) is 6.65. The first-order valence-electron chi connectivity index (χ1n) is 6.66. The van der Waals surface area contributed by atoms with Crippen molar-refractivity contribution in [3.63, 3.8) is 0 Å². The van der Waals surface area contributed by atoms with Gasteiger partial charge in [-0.1, -0.05) is 0 Å². The van der Waals surface area contributed by atoms with E-state index >= 15 is 0 Å². The van der Waals surface area contributed by atoms with Gasteiger partial charge in [-0.2, -0.15) is 0 Å². The van der Waals surface area contributed by atoms with E-state index in [1.54, 1.807) is 28.0 Å². The summed E-state index contributed by atoms with van der Waals surface area (Å²) < 4.78 is 1.58. The van der Waals surface area contributed by atoms with Crippen LogP contribution in [0.15, 0.2) is 57.9 Å². The SMILES string of the molecule is [Cl-].[Cl-].[Zr+2][C]1=C(c2cccc3c2Cc2ccccc2-3)C=CC1. The summed E-state index contributed by atoms with van der Waals surface area (Å²) in [4.78, 5) is 0. The molecular formula is C18H13Cl2Zr. The Bertz CT molecular complexity index is 745. The molecule has 2 aliphatic carbocycles. The van der Waals surface area contributed by atoms with Crippen molar-refractivity contribution >= 4 is 5.57 Å². The molecule has 0 fully saturated rings. The summed E-state index contributed by atoms with van der Waals surface area (Å²) in [7, 11) is 0. The van der Waals surface area contributed by atoms with Crippen LogP contribution in [0.25, 0.3) is 16.7 Å². The summed E-state index contributed by atoms with van der Waals surface area (Å²) in [6.45, 7) is 0. The van der Waals surface area contributed by atoms with Crippen LogP contribution in [-0.4, -0.2) is 0 Å². The monoisotopic (exact) mass is 389 g/mol. The van der Waals surface area contributed by atoms with E-state index in [0.29, 0.717) is 0 Å². The molecular weight excluding hydrogens is 378 g/mol. The first-order valence-corrected chi connectivity index (χ1v) is 7.89. The van der Waals surface area contributed by atoms with E-state index in [1.165, 1.54) is 33.4 Å². The van der Waals surface area contributed by atoms with E-state index in [-0.39, 0.29) is 24.8 Å². The summed E-state index contributed by atoms with van der Waals surface area (Å²) in [5.41, 5.74) is 8.78. The molecule has 0 amide bonds. The molecule has 21 heavy (non-hydrogen) atoms. The van der Waals surface area contributed by atoms with E-state index in [1.807, 2.05) is 0 Å². The van der Waals surface area contributed by atoms with Gasteiger partial charge in [0, 0.05) is 0 Å². The molecule has 0 unspecified atom stereocenters. The standard InChI is InChI=1S/C18H13.2ClH.Zr/c1-2-7-13(6-1)15-10-5-11-17-16-9-4-3-8-14(16)12-18(15)17;;;/h1,3-6,8-11H,2,12H2;2*1H;/q;;;+2/p-2. The van der Waals surface area contributed by atoms with Crippen molar-refractivity contribution in [2.75, 3.05) is 0 Å². The summed E-state index contributed by atoms with van der Waals surface area (Å²) >= 11 is 1.55. The van der Waals surface area contributed by atoms with Crippen LogP contribution in [0.2, 0.25) is 0 Å². The topological polar surface area (TPSA) is 0 Å². The Labute approximate surface area is 153 Å². The van der Waals surface area contributed by atoms with Gasteiger partial charge in [0.15, 0.2) is 0 Å². The fourth-order valence-electron chi connectivity index (χ4n) is 3.17. The van der Waals surface area contributed by atoms with Crippen LogP contribution >= 0.6 is 0 Å². The molecule has 0 nitrogen and oxygen atoms in total. The van der Waals surface area contributed by atoms with Crippen LogP contribution in [0.4, 0.5) is 0 Å². The zero-order chi connectivity index (χ0) is 12.8. The van der Waals surface area contributed by atoms with E-state index in [9.17, 15) is 0 Å². The van der Waals surface area contributed by atoms with Gasteiger partial charge in [-0.25, -0.2) is 0 Å². The van der Waals surface area contributed by atoms with Crippen LogP contribution in [0, 0.1) is 0 Å². The van der Waals surface area contributed by atoms with E-state index in [2.05, 4.69) is 54.6 Å². The van der Waals surface area contributed by atoms with Crippen LogP contribution < -0.4 is 24.8 Å². The molecule has 0 atom stereocenters. The second-order valence-electron chi connectivity index (χ2n) is 5.16. The summed E-state index contributed by atoms with van der Waals surface area (Å²) in [6.07, 6.45) is 6.83. The number of hydrogen-bond acceptors (Lipinski definition) is 0. The average molecular weight is 391 g/mol. The first kappa shape index (κ1) is 16.7. The molecule has 0 aliphatic heterocycles. The molecule has 0 aromatic heterocycles. The maximum absolute atomic E-state index is 2.31. The van der Waals surface area contributed by atoms with Crippen molar-refractivity contribution < 1.29 is 49.5 Å². The van der Waals surface area contributed by atoms with Crippen LogP contribution in [0.3, 0.4) is 0 Å². The zero-order valence-corrected chi connectivity index (χ0v) is 15.3. The predicted octanol–water partition coefficient (Wildman–Crippen LogP) is -1.52. The minimum absolute atomic E-state index is 0. The average Bonchev–Trinajstić information content (AvgIpc) is 3.02. The normalized spacial score (nSPS) is 14.4. The molecule has 3 heteroatoms. The molecule has 0 saturated heterocycles. The van der Waals surface area contributed by atoms with E-state index < -0.39 is 0 Å². The third kappa shape index (κ3) is 2.72. The third-order valence-electron chi connectivity index (χ3n) is 4.07. The van der Waals surface area contributed by atoms with Gasteiger partial charge < -0.3 is 24.8 Å². The van der Waals surface area contributed by atoms with Crippen molar-refractivity contribution in [1.82, 2.24) is 0 Å². The van der Waals surface area contributed by atoms with Crippen molar-refractivity contribution in [3.8, 4) is 11.1 Å². The van der Waals surface area contributed by atoms with Crippen molar-refractivity contribution in [3.05, 3.63) is 74.6 Å². The quantitative estimate of drug-likeness (QED) is 0.473. The summed E-state index contributed by atoms with van der Waals surface area (Å²) in [5, 5.41) is 0. The fraction of sp³-hybridized carbons (Fsp3) is 0.111. The molecule has 2 aromatic rings. The van der Waals surface area contributed by atoms with Gasteiger partial charge in [-0.3, -0.25) is 0 Å². The van der Waals surface area contributed by atoms with Gasteiger partial charge in [0.1, 0.15) is 0 Å². The van der Waals surface area contributed by atoms with Crippen molar-refractivity contribution in [1.29, 1.82) is 0 Å². The minimum atomic E-state index is 0. The summed E-state index contributed by atoms with van der Waals surface area (Å²) in [6, 6.07) is 15.6. The van der Waals surface area contributed by atoms with Gasteiger partial charge >= 0.3 is 129 Å². The molecule has 2 aromatic carbocycles. The molecule has 4 rings (SSSR count). The molecule has 2 aliphatic rings. The molecule has 0 radical (unpaired) electrons. The number of rotatable bonds is 1. The second-order valence-corrected chi connectivity index (χ2v) is 6.65. The van der Waals surface area contributed by atoms with Crippen LogP contribution in [-0.2, 0) is 31.1 Å². The Balaban J connectivity index is 0.000000807. The van der Waals surface area contributed by atoms with Gasteiger partial charge in [0.2, 0.25) is 0 Å². The molecule has 0 heterocycles. The Hall–Kier alpha value is -0.617. The molecule has 0 bridgehead atoms. The predicted molar refractivity (Wildman–Crippen MR) is 75.4 cm³/mol. The Morgan fingerprint density at radius 2 is 1.52 bits per heavy atom. The van der Waals surface area contributed by atoms with E-state index in [4.69, 9.17) is 0 Å². The molecule has 0 saturated carbocycles. The van der Waals surface area contributed by atoms with Gasteiger partial charge in [-0.05, 0) is 0 Å². The van der Waals surface area contributed by atoms with Crippen LogP contribution in [0.5, 0.6) is 0 Å². The third-order valence-corrected chi connectivity index (χ3v) is 5.24. The number of allylic oxidation sites excluding steroid dienone is 4. The number of benzene rings is 2. The molecule has 103 valence electrons. The maximum atomic E-state index is 2.31. The number of fused-ring (bicyclic) bond motifs is 3. The van der Waals surface area contributed by atoms with Crippen molar-refractivity contribution in [2.24, 2.45) is 0 Å². The Morgan fingerprint density at radius 3 is 2.29 bits per heavy atom. The van der Waals surface area contributed by atoms with Gasteiger partial charge in [-0.15, -0.1) is 0 Å². The van der Waals surface area contributed by atoms with E-state index in [0.717, 1.165) is 12.8 Å². The fourth-order valence-corrected chi connectivity index (χ4v) is 3.99. The summed E-state index contributed by atoms with van der Waals surface area (Å²) in [5.74, 6) is 0. The molecule has 0 spiro atoms. The first-order chi connectivity index (χ1) is 9.34. The Kier molecular flexibility index (Phi) is 5.30. The molecule has 0 N–H and O–H groups in total. The number of hydrogen-bond donors (Lipinski definition) is 0. The zero-order valence-electron chi connectivity index (χ0n) is 11.4. The van der Waals surface area contributed by atoms with Crippen molar-refractivity contribution in [2.45, 2.75) is 12.8 Å².